The van der Waals surface area contributed by atoms with Gasteiger partial charge in [-0.25, -0.2) is 8.42 Å². The van der Waals surface area contributed by atoms with Gasteiger partial charge in [-0.15, -0.1) is 0 Å². The van der Waals surface area contributed by atoms with Crippen LogP contribution in [-0.4, -0.2) is 63.7 Å². The number of carbonyl (C=O) groups is 1. The summed E-state index contributed by atoms with van der Waals surface area (Å²) in [6.07, 6.45) is 1.73. The lowest BCUT2D eigenvalue weighted by molar-refractivity contribution is 0.0988. The maximum absolute atomic E-state index is 13.0. The van der Waals surface area contributed by atoms with Crippen molar-refractivity contribution >= 4 is 27.4 Å². The highest BCUT2D eigenvalue weighted by Gasteiger charge is 2.28. The number of likely N-dealkylation sites (N-methyl/N-ethyl adjacent to an activating group) is 1. The number of ketones is 1. The number of hydrogen-bond donors (Lipinski definition) is 1. The van der Waals surface area contributed by atoms with Crippen LogP contribution in [0.5, 0.6) is 0 Å². The van der Waals surface area contributed by atoms with Crippen molar-refractivity contribution in [1.29, 1.82) is 0 Å². The number of piperidine rings is 1. The van der Waals surface area contributed by atoms with Crippen LogP contribution < -0.4 is 5.32 Å². The van der Waals surface area contributed by atoms with E-state index < -0.39 is 10.0 Å². The monoisotopic (exact) mass is 477 g/mol. The fraction of sp³-hybridized carbons (Fsp3) is 0.458. The molecule has 1 aliphatic heterocycles. The van der Waals surface area contributed by atoms with Gasteiger partial charge in [0.15, 0.2) is 5.78 Å². The minimum atomic E-state index is -3.58. The summed E-state index contributed by atoms with van der Waals surface area (Å²) in [7, 11) is 0.386. The van der Waals surface area contributed by atoms with Crippen molar-refractivity contribution in [3.63, 3.8) is 0 Å². The van der Waals surface area contributed by atoms with Crippen LogP contribution in [-0.2, 0) is 10.0 Å². The zero-order chi connectivity index (χ0) is 23.3. The lowest BCUT2D eigenvalue weighted by Crippen LogP contribution is -2.38. The summed E-state index contributed by atoms with van der Waals surface area (Å²) in [6.45, 7) is 3.90. The molecule has 1 unspecified atom stereocenters. The van der Waals surface area contributed by atoms with Gasteiger partial charge in [-0.05, 0) is 62.7 Å². The molecule has 1 saturated heterocycles. The third-order valence-electron chi connectivity index (χ3n) is 6.04. The minimum absolute atomic E-state index is 0.0771. The summed E-state index contributed by atoms with van der Waals surface area (Å²) in [6, 6.07) is 14.1. The number of benzene rings is 2. The van der Waals surface area contributed by atoms with E-state index in [1.165, 1.54) is 10.4 Å². The van der Waals surface area contributed by atoms with E-state index in [1.54, 1.807) is 18.2 Å². The first-order valence-electron chi connectivity index (χ1n) is 10.9. The molecule has 2 aromatic carbocycles. The highest BCUT2D eigenvalue weighted by atomic mass is 35.5. The molecule has 1 fully saturated rings. The first-order chi connectivity index (χ1) is 15.2. The number of hydrogen-bond acceptors (Lipinski definition) is 5. The highest BCUT2D eigenvalue weighted by Crippen LogP contribution is 2.24. The maximum atomic E-state index is 13.0. The van der Waals surface area contributed by atoms with Gasteiger partial charge in [0.05, 0.1) is 11.4 Å². The van der Waals surface area contributed by atoms with Gasteiger partial charge < -0.3 is 10.2 Å². The standard InChI is InChI=1S/C24H32ClN3O3S/c1-18-11-13-28(14-12-18)32(30,31)22-6-4-5-20(15-22)24(29)17-26-16-23(27(2)3)19-7-9-21(25)10-8-19/h4-10,15,18,23,26H,11-14,16-17H2,1-3H3. The zero-order valence-electron chi connectivity index (χ0n) is 18.9. The summed E-state index contributed by atoms with van der Waals surface area (Å²) in [5.41, 5.74) is 1.50. The van der Waals surface area contributed by atoms with E-state index in [-0.39, 0.29) is 23.3 Å². The summed E-state index contributed by atoms with van der Waals surface area (Å²) in [4.78, 5) is 15.0. The van der Waals surface area contributed by atoms with Gasteiger partial charge in [0.1, 0.15) is 0 Å². The second-order valence-electron chi connectivity index (χ2n) is 8.70. The molecule has 6 nitrogen and oxygen atoms in total. The number of rotatable bonds is 9. The third-order valence-corrected chi connectivity index (χ3v) is 8.18. The molecule has 0 radical (unpaired) electrons. The normalized spacial score (nSPS) is 16.9. The van der Waals surface area contributed by atoms with Gasteiger partial charge in [0.2, 0.25) is 10.0 Å². The average Bonchev–Trinajstić information content (AvgIpc) is 2.77. The molecule has 1 N–H and O–H groups in total. The zero-order valence-corrected chi connectivity index (χ0v) is 20.5. The quantitative estimate of drug-likeness (QED) is 0.556. The van der Waals surface area contributed by atoms with Gasteiger partial charge in [0.25, 0.3) is 0 Å². The Morgan fingerprint density at radius 2 is 1.81 bits per heavy atom. The molecule has 0 bridgehead atoms. The Balaban J connectivity index is 1.63. The van der Waals surface area contributed by atoms with Crippen molar-refractivity contribution in [2.24, 2.45) is 5.92 Å². The van der Waals surface area contributed by atoms with Crippen LogP contribution >= 0.6 is 11.6 Å². The third kappa shape index (κ3) is 6.17. The van der Waals surface area contributed by atoms with E-state index in [1.807, 2.05) is 38.4 Å². The Morgan fingerprint density at radius 1 is 1.16 bits per heavy atom. The van der Waals surface area contributed by atoms with E-state index in [0.717, 1.165) is 18.4 Å². The molecule has 1 atom stereocenters. The molecular formula is C24H32ClN3O3S. The van der Waals surface area contributed by atoms with Crippen LogP contribution in [0, 0.1) is 5.92 Å². The average molecular weight is 478 g/mol. The predicted molar refractivity (Wildman–Crippen MR) is 129 cm³/mol. The largest absolute Gasteiger partial charge is 0.308 e. The lowest BCUT2D eigenvalue weighted by Gasteiger charge is -2.29. The van der Waals surface area contributed by atoms with Crippen LogP contribution in [0.15, 0.2) is 53.4 Å². The number of sulfonamides is 1. The van der Waals surface area contributed by atoms with E-state index in [4.69, 9.17) is 11.6 Å². The number of nitrogens with zero attached hydrogens (tertiary/aromatic N) is 2. The molecule has 8 heteroatoms. The van der Waals surface area contributed by atoms with E-state index in [9.17, 15) is 13.2 Å². The summed E-state index contributed by atoms with van der Waals surface area (Å²) < 4.78 is 27.6. The second-order valence-corrected chi connectivity index (χ2v) is 11.1. The van der Waals surface area contributed by atoms with Crippen molar-refractivity contribution in [2.45, 2.75) is 30.7 Å². The molecule has 0 amide bonds. The molecule has 174 valence electrons. The molecule has 32 heavy (non-hydrogen) atoms. The van der Waals surface area contributed by atoms with Crippen LogP contribution in [0.3, 0.4) is 0 Å². The number of halogens is 1. The van der Waals surface area contributed by atoms with Crippen molar-refractivity contribution in [3.8, 4) is 0 Å². The molecule has 2 aromatic rings. The van der Waals surface area contributed by atoms with Crippen LogP contribution in [0.2, 0.25) is 5.02 Å². The topological polar surface area (TPSA) is 69.7 Å². The van der Waals surface area contributed by atoms with Gasteiger partial charge in [-0.3, -0.25) is 4.79 Å². The molecule has 1 aliphatic rings. The van der Waals surface area contributed by atoms with E-state index in [2.05, 4.69) is 17.1 Å². The van der Waals surface area contributed by atoms with Crippen LogP contribution in [0.1, 0.15) is 41.7 Å². The minimum Gasteiger partial charge on any atom is -0.308 e. The molecule has 0 aliphatic carbocycles. The number of nitrogens with one attached hydrogen (secondary N) is 1. The molecule has 0 aromatic heterocycles. The highest BCUT2D eigenvalue weighted by molar-refractivity contribution is 7.89. The van der Waals surface area contributed by atoms with Crippen molar-refractivity contribution in [2.75, 3.05) is 40.3 Å². The molecule has 3 rings (SSSR count). The van der Waals surface area contributed by atoms with Crippen LogP contribution in [0.25, 0.3) is 0 Å². The van der Waals surface area contributed by atoms with Gasteiger partial charge >= 0.3 is 0 Å². The van der Waals surface area contributed by atoms with Crippen molar-refractivity contribution in [1.82, 2.24) is 14.5 Å². The first-order valence-corrected chi connectivity index (χ1v) is 12.8. The molecule has 1 heterocycles. The number of Topliss-reactive ketones (excluding diaryl/α,β-unsaturated/α-hetero) is 1. The van der Waals surface area contributed by atoms with Crippen molar-refractivity contribution in [3.05, 3.63) is 64.7 Å². The first kappa shape index (κ1) is 24.9. The van der Waals surface area contributed by atoms with E-state index >= 15 is 0 Å². The van der Waals surface area contributed by atoms with Gasteiger partial charge in [-0.2, -0.15) is 4.31 Å². The van der Waals surface area contributed by atoms with Crippen molar-refractivity contribution < 1.29 is 13.2 Å². The Morgan fingerprint density at radius 3 is 2.44 bits per heavy atom. The predicted octanol–water partition coefficient (Wildman–Crippen LogP) is 3.84. The summed E-state index contributed by atoms with van der Waals surface area (Å²) in [5.74, 6) is 0.405. The van der Waals surface area contributed by atoms with Crippen LogP contribution in [0.4, 0.5) is 0 Å². The SMILES string of the molecule is CC1CCN(S(=O)(=O)c2cccc(C(=O)CNCC(c3ccc(Cl)cc3)N(C)C)c2)CC1. The Kier molecular flexibility index (Phi) is 8.47. The smallest absolute Gasteiger partial charge is 0.243 e. The van der Waals surface area contributed by atoms with Gasteiger partial charge in [-0.1, -0.05) is 42.8 Å². The number of carbonyl (C=O) groups excluding carboxylic acids is 1. The molecule has 0 spiro atoms. The fourth-order valence-corrected chi connectivity index (χ4v) is 5.55. The van der Waals surface area contributed by atoms with Gasteiger partial charge in [0, 0.05) is 36.3 Å². The summed E-state index contributed by atoms with van der Waals surface area (Å²) in [5, 5.41) is 3.90. The Labute approximate surface area is 196 Å². The fourth-order valence-electron chi connectivity index (χ4n) is 3.91. The molecule has 0 saturated carbocycles. The van der Waals surface area contributed by atoms with E-state index in [0.29, 0.717) is 36.1 Å². The maximum Gasteiger partial charge on any atom is 0.243 e. The Bertz CT molecular complexity index is 1020. The Hall–Kier alpha value is -1.77. The molecular weight excluding hydrogens is 446 g/mol. The lowest BCUT2D eigenvalue weighted by atomic mass is 10.0. The summed E-state index contributed by atoms with van der Waals surface area (Å²) >= 11 is 5.99. The second kappa shape index (κ2) is 10.9.